The molecule has 0 radical (unpaired) electrons. The lowest BCUT2D eigenvalue weighted by Gasteiger charge is -2.38. The van der Waals surface area contributed by atoms with Crippen LogP contribution in [0.2, 0.25) is 10.0 Å². The van der Waals surface area contributed by atoms with E-state index in [9.17, 15) is 39.6 Å². The Hall–Kier alpha value is -4.56. The van der Waals surface area contributed by atoms with Crippen LogP contribution in [0.5, 0.6) is 0 Å². The first-order valence-corrected chi connectivity index (χ1v) is 19.7. The Morgan fingerprint density at radius 3 is 1.19 bits per heavy atom. The molecule has 10 nitrogen and oxygen atoms in total. The van der Waals surface area contributed by atoms with Crippen LogP contribution in [0.4, 0.5) is 8.78 Å². The molecule has 4 aromatic rings. The van der Waals surface area contributed by atoms with Gasteiger partial charge in [0.2, 0.25) is 0 Å². The molecule has 58 heavy (non-hydrogen) atoms. The van der Waals surface area contributed by atoms with Gasteiger partial charge in [-0.3, -0.25) is 9.59 Å². The molecule has 0 saturated carbocycles. The molecule has 2 saturated heterocycles. The lowest BCUT2D eigenvalue weighted by molar-refractivity contribution is -0.0733. The third kappa shape index (κ3) is 9.49. The highest BCUT2D eigenvalue weighted by Gasteiger charge is 2.41. The largest absolute Gasteiger partial charge is 0.478 e. The van der Waals surface area contributed by atoms with Crippen LogP contribution in [0.3, 0.4) is 0 Å². The van der Waals surface area contributed by atoms with Crippen LogP contribution in [0, 0.1) is 23.5 Å². The molecule has 0 aliphatic carbocycles. The number of hydrogen-bond acceptors (Lipinski definition) is 8. The number of halogens is 4. The van der Waals surface area contributed by atoms with Crippen molar-refractivity contribution in [2.24, 2.45) is 11.8 Å². The molecular weight excluding hydrogens is 797 g/mol. The van der Waals surface area contributed by atoms with E-state index < -0.39 is 68.6 Å². The van der Waals surface area contributed by atoms with Gasteiger partial charge in [0.05, 0.1) is 33.5 Å². The molecule has 0 spiro atoms. The van der Waals surface area contributed by atoms with Crippen molar-refractivity contribution in [1.29, 1.82) is 0 Å². The summed E-state index contributed by atoms with van der Waals surface area (Å²) in [5, 5.41) is 42.7. The van der Waals surface area contributed by atoms with Crippen LogP contribution in [0.15, 0.2) is 72.8 Å². The molecule has 4 aromatic carbocycles. The number of hydrogen-bond donors (Lipinski definition) is 4. The minimum atomic E-state index is -1.44. The second kappa shape index (κ2) is 19.0. The lowest BCUT2D eigenvalue weighted by atomic mass is 9.74. The van der Waals surface area contributed by atoms with Crippen molar-refractivity contribution in [1.82, 2.24) is 0 Å². The van der Waals surface area contributed by atoms with E-state index in [1.807, 2.05) is 0 Å². The van der Waals surface area contributed by atoms with Gasteiger partial charge in [0.1, 0.15) is 11.6 Å². The normalized spacial score (nSPS) is 17.0. The number of aliphatic hydroxyl groups is 2. The molecule has 4 N–H and O–H groups in total. The summed E-state index contributed by atoms with van der Waals surface area (Å²) in [5.41, 5.74) is -4.25. The SMILES string of the molecule is CC[C@@](O)(c1cc(F)c(C(=O)c2ccc(Cl)cc2)c(C(=O)O)c1)C1CCOCC1.CC[C@](O)(c1cc(F)c(C(=O)c2ccc(Cl)cc2)c(C(=O)O)c1)C1CCOCC1. The van der Waals surface area contributed by atoms with E-state index in [4.69, 9.17) is 32.7 Å². The quantitative estimate of drug-likeness (QED) is 0.101. The number of aromatic carboxylic acids is 2. The summed E-state index contributed by atoms with van der Waals surface area (Å²) in [6, 6.07) is 16.1. The van der Waals surface area contributed by atoms with Gasteiger partial charge in [-0.1, -0.05) is 37.0 Å². The molecule has 308 valence electrons. The topological polar surface area (TPSA) is 168 Å². The second-order valence-electron chi connectivity index (χ2n) is 14.4. The molecule has 0 amide bonds. The zero-order valence-electron chi connectivity index (χ0n) is 31.9. The first-order chi connectivity index (χ1) is 27.5. The zero-order valence-corrected chi connectivity index (χ0v) is 33.4. The van der Waals surface area contributed by atoms with Crippen molar-refractivity contribution < 1.29 is 57.9 Å². The van der Waals surface area contributed by atoms with E-state index in [-0.39, 0.29) is 46.9 Å². The van der Waals surface area contributed by atoms with Crippen molar-refractivity contribution in [3.05, 3.63) is 139 Å². The predicted octanol–water partition coefficient (Wildman–Crippen LogP) is 8.87. The molecule has 14 heteroatoms. The Morgan fingerprint density at radius 2 is 0.914 bits per heavy atom. The van der Waals surface area contributed by atoms with Gasteiger partial charge in [-0.15, -0.1) is 0 Å². The number of carboxylic acid groups (broad SMARTS) is 2. The molecule has 2 heterocycles. The fourth-order valence-corrected chi connectivity index (χ4v) is 8.06. The summed E-state index contributed by atoms with van der Waals surface area (Å²) in [6.07, 6.45) is 2.89. The van der Waals surface area contributed by atoms with Gasteiger partial charge < -0.3 is 29.9 Å². The van der Waals surface area contributed by atoms with E-state index in [1.165, 1.54) is 60.7 Å². The molecule has 2 aliphatic rings. The first kappa shape index (κ1) is 44.5. The second-order valence-corrected chi connectivity index (χ2v) is 15.2. The lowest BCUT2D eigenvalue weighted by Crippen LogP contribution is -2.38. The fraction of sp³-hybridized carbons (Fsp3) is 0.364. The molecule has 2 atom stereocenters. The number of ether oxygens (including phenoxy) is 2. The minimum absolute atomic E-state index is 0.124. The van der Waals surface area contributed by atoms with E-state index in [2.05, 4.69) is 0 Å². The molecule has 0 aromatic heterocycles. The summed E-state index contributed by atoms with van der Waals surface area (Å²) in [4.78, 5) is 49.4. The summed E-state index contributed by atoms with van der Waals surface area (Å²) >= 11 is 11.6. The van der Waals surface area contributed by atoms with Crippen LogP contribution in [-0.2, 0) is 20.7 Å². The summed E-state index contributed by atoms with van der Waals surface area (Å²) in [5.74, 6) is -6.72. The average Bonchev–Trinajstić information content (AvgIpc) is 3.23. The Labute approximate surface area is 344 Å². The van der Waals surface area contributed by atoms with Gasteiger partial charge >= 0.3 is 11.9 Å². The van der Waals surface area contributed by atoms with E-state index in [0.717, 1.165) is 12.1 Å². The number of carbonyl (C=O) groups is 4. The Kier molecular flexibility index (Phi) is 14.6. The summed E-state index contributed by atoms with van der Waals surface area (Å²) in [7, 11) is 0. The Balaban J connectivity index is 0.000000221. The number of ketones is 2. The van der Waals surface area contributed by atoms with E-state index >= 15 is 8.78 Å². The Morgan fingerprint density at radius 1 is 0.603 bits per heavy atom. The smallest absolute Gasteiger partial charge is 0.336 e. The maximum absolute atomic E-state index is 15.1. The minimum Gasteiger partial charge on any atom is -0.478 e. The van der Waals surface area contributed by atoms with E-state index in [1.54, 1.807) is 13.8 Å². The summed E-state index contributed by atoms with van der Waals surface area (Å²) in [6.45, 7) is 5.45. The maximum atomic E-state index is 15.1. The Bertz CT molecular complexity index is 2000. The van der Waals surface area contributed by atoms with Crippen molar-refractivity contribution in [3.63, 3.8) is 0 Å². The van der Waals surface area contributed by atoms with Crippen molar-refractivity contribution in [3.8, 4) is 0 Å². The van der Waals surface area contributed by atoms with Crippen LogP contribution < -0.4 is 0 Å². The zero-order chi connectivity index (χ0) is 42.4. The van der Waals surface area contributed by atoms with Gasteiger partial charge in [-0.2, -0.15) is 0 Å². The number of carbonyl (C=O) groups excluding carboxylic acids is 2. The average molecular weight is 842 g/mol. The molecule has 6 rings (SSSR count). The summed E-state index contributed by atoms with van der Waals surface area (Å²) < 4.78 is 40.8. The fourth-order valence-electron chi connectivity index (χ4n) is 7.81. The van der Waals surface area contributed by atoms with Crippen LogP contribution in [-0.4, -0.2) is 70.4 Å². The third-order valence-electron chi connectivity index (χ3n) is 11.2. The van der Waals surface area contributed by atoms with Gasteiger partial charge in [0.15, 0.2) is 11.6 Å². The van der Waals surface area contributed by atoms with Crippen molar-refractivity contribution in [2.75, 3.05) is 26.4 Å². The van der Waals surface area contributed by atoms with Gasteiger partial charge in [0.25, 0.3) is 0 Å². The molecule has 2 aliphatic heterocycles. The third-order valence-corrected chi connectivity index (χ3v) is 11.7. The van der Waals surface area contributed by atoms with Crippen LogP contribution >= 0.6 is 23.2 Å². The first-order valence-electron chi connectivity index (χ1n) is 18.9. The van der Waals surface area contributed by atoms with Gasteiger partial charge in [-0.05, 0) is 134 Å². The molecule has 2 fully saturated rings. The number of rotatable bonds is 12. The molecule has 0 bridgehead atoms. The maximum Gasteiger partial charge on any atom is 0.336 e. The van der Waals surface area contributed by atoms with E-state index in [0.29, 0.717) is 62.2 Å². The highest BCUT2D eigenvalue weighted by atomic mass is 35.5. The highest BCUT2D eigenvalue weighted by Crippen LogP contribution is 2.42. The van der Waals surface area contributed by atoms with Gasteiger partial charge in [-0.25, -0.2) is 18.4 Å². The van der Waals surface area contributed by atoms with Crippen molar-refractivity contribution >= 4 is 46.7 Å². The van der Waals surface area contributed by atoms with Crippen LogP contribution in [0.1, 0.15) is 116 Å². The van der Waals surface area contributed by atoms with Gasteiger partial charge in [0, 0.05) is 47.6 Å². The van der Waals surface area contributed by atoms with Crippen molar-refractivity contribution in [2.45, 2.75) is 63.6 Å². The molecule has 0 unspecified atom stereocenters. The number of benzene rings is 4. The monoisotopic (exact) mass is 840 g/mol. The molecular formula is C44H44Cl2F2O10. The van der Waals surface area contributed by atoms with Crippen LogP contribution in [0.25, 0.3) is 0 Å². The predicted molar refractivity (Wildman–Crippen MR) is 212 cm³/mol. The standard InChI is InChI=1S/2C22H22ClFO5/c2*1-2-22(28,14-7-9-29-10-8-14)15-11-17(21(26)27)19(18(24)12-15)20(25)13-3-5-16(23)6-4-13/h2*3-6,11-12,14,28H,2,7-10H2,1H3,(H,26,27)/t2*22-/m10/s1. The number of carboxylic acids is 2. The highest BCUT2D eigenvalue weighted by molar-refractivity contribution is 6.31.